The van der Waals surface area contributed by atoms with Crippen molar-refractivity contribution in [1.82, 2.24) is 25.4 Å². The summed E-state index contributed by atoms with van der Waals surface area (Å²) in [6.45, 7) is 5.25. The highest BCUT2D eigenvalue weighted by Gasteiger charge is 2.18. The van der Waals surface area contributed by atoms with Crippen molar-refractivity contribution >= 4 is 21.9 Å². The third kappa shape index (κ3) is 3.85. The molecule has 0 saturated heterocycles. The van der Waals surface area contributed by atoms with Gasteiger partial charge in [0, 0.05) is 6.07 Å². The van der Waals surface area contributed by atoms with Crippen LogP contribution in [0.1, 0.15) is 20.8 Å². The van der Waals surface area contributed by atoms with Gasteiger partial charge in [0.15, 0.2) is 6.54 Å². The second kappa shape index (κ2) is 5.08. The fourth-order valence-electron chi connectivity index (χ4n) is 1.26. The summed E-state index contributed by atoms with van der Waals surface area (Å²) in [7, 11) is 0. The molecule has 9 heteroatoms. The predicted octanol–water partition coefficient (Wildman–Crippen LogP) is 1.43. The molecule has 0 saturated carbocycles. The van der Waals surface area contributed by atoms with Crippen LogP contribution in [0.3, 0.4) is 0 Å². The lowest BCUT2D eigenvalue weighted by atomic mass is 10.2. The maximum absolute atomic E-state index is 11.6. The second-order valence-corrected chi connectivity index (χ2v) is 5.56. The minimum Gasteiger partial charge on any atom is -0.459 e. The smallest absolute Gasteiger partial charge is 0.330 e. The molecule has 102 valence electrons. The summed E-state index contributed by atoms with van der Waals surface area (Å²) in [5, 5.41) is 15.2. The van der Waals surface area contributed by atoms with Crippen LogP contribution in [0.5, 0.6) is 0 Å². The van der Waals surface area contributed by atoms with Gasteiger partial charge in [-0.2, -0.15) is 4.80 Å². The monoisotopic (exact) mass is 329 g/mol. The fourth-order valence-corrected chi connectivity index (χ4v) is 1.54. The first-order valence-electron chi connectivity index (χ1n) is 5.46. The largest absolute Gasteiger partial charge is 0.459 e. The summed E-state index contributed by atoms with van der Waals surface area (Å²) in [6, 6.07) is 1.61. The molecule has 0 bridgehead atoms. The molecule has 0 unspecified atom stereocenters. The van der Waals surface area contributed by atoms with Crippen LogP contribution in [0, 0.1) is 0 Å². The molecule has 0 fully saturated rings. The number of ether oxygens (including phenoxy) is 1. The van der Waals surface area contributed by atoms with Crippen LogP contribution in [-0.4, -0.2) is 36.9 Å². The summed E-state index contributed by atoms with van der Waals surface area (Å²) >= 11 is 3.15. The van der Waals surface area contributed by atoms with Gasteiger partial charge in [-0.15, -0.1) is 10.2 Å². The van der Waals surface area contributed by atoms with Crippen molar-refractivity contribution in [3.63, 3.8) is 0 Å². The minimum absolute atomic E-state index is 0.112. The highest BCUT2D eigenvalue weighted by Crippen LogP contribution is 2.18. The summed E-state index contributed by atoms with van der Waals surface area (Å²) in [4.78, 5) is 12.7. The third-order valence-corrected chi connectivity index (χ3v) is 2.22. The van der Waals surface area contributed by atoms with Crippen LogP contribution >= 0.6 is 15.9 Å². The summed E-state index contributed by atoms with van der Waals surface area (Å²) in [5.74, 6) is 0.180. The van der Waals surface area contributed by atoms with E-state index in [0.29, 0.717) is 10.4 Å². The fraction of sp³-hybridized carbons (Fsp3) is 0.500. The SMILES string of the molecule is CC(C)(C)OC(=O)Cn1nnc(-c2cc(Br)no2)n1. The van der Waals surface area contributed by atoms with Crippen LogP contribution in [0.2, 0.25) is 0 Å². The molecule has 0 N–H and O–H groups in total. The topological polar surface area (TPSA) is 95.9 Å². The predicted molar refractivity (Wildman–Crippen MR) is 66.9 cm³/mol. The molecular weight excluding hydrogens is 318 g/mol. The van der Waals surface area contributed by atoms with Crippen molar-refractivity contribution in [2.45, 2.75) is 32.9 Å². The number of nitrogens with zero attached hydrogens (tertiary/aromatic N) is 5. The van der Waals surface area contributed by atoms with Gasteiger partial charge in [0.25, 0.3) is 0 Å². The number of hydrogen-bond donors (Lipinski definition) is 0. The Morgan fingerprint density at radius 3 is 2.84 bits per heavy atom. The number of carbonyl (C=O) groups excluding carboxylic acids is 1. The van der Waals surface area contributed by atoms with Crippen molar-refractivity contribution in [3.8, 4) is 11.6 Å². The lowest BCUT2D eigenvalue weighted by molar-refractivity contribution is -0.156. The van der Waals surface area contributed by atoms with Crippen molar-refractivity contribution in [2.24, 2.45) is 0 Å². The number of halogens is 1. The molecule has 0 atom stereocenters. The van der Waals surface area contributed by atoms with Gasteiger partial charge in [-0.25, -0.2) is 4.79 Å². The highest BCUT2D eigenvalue weighted by molar-refractivity contribution is 9.10. The number of rotatable bonds is 3. The first-order valence-corrected chi connectivity index (χ1v) is 6.25. The molecule has 2 rings (SSSR count). The zero-order valence-electron chi connectivity index (χ0n) is 10.6. The Hall–Kier alpha value is -1.77. The number of aromatic nitrogens is 5. The van der Waals surface area contributed by atoms with Gasteiger partial charge in [-0.05, 0) is 41.9 Å². The Morgan fingerprint density at radius 2 is 2.26 bits per heavy atom. The minimum atomic E-state index is -0.545. The lowest BCUT2D eigenvalue weighted by Crippen LogP contribution is -2.27. The Morgan fingerprint density at radius 1 is 1.53 bits per heavy atom. The Kier molecular flexibility index (Phi) is 3.65. The maximum Gasteiger partial charge on any atom is 0.330 e. The zero-order chi connectivity index (χ0) is 14.0. The van der Waals surface area contributed by atoms with Gasteiger partial charge in [-0.1, -0.05) is 5.16 Å². The third-order valence-electron chi connectivity index (χ3n) is 1.85. The van der Waals surface area contributed by atoms with E-state index in [2.05, 4.69) is 36.5 Å². The van der Waals surface area contributed by atoms with Crippen molar-refractivity contribution in [3.05, 3.63) is 10.7 Å². The van der Waals surface area contributed by atoms with Gasteiger partial charge in [0.05, 0.1) is 0 Å². The second-order valence-electron chi connectivity index (χ2n) is 4.74. The van der Waals surface area contributed by atoms with Crippen LogP contribution in [0.4, 0.5) is 0 Å². The highest BCUT2D eigenvalue weighted by atomic mass is 79.9. The molecule has 8 nitrogen and oxygen atoms in total. The Labute approximate surface area is 117 Å². The maximum atomic E-state index is 11.6. The van der Waals surface area contributed by atoms with Crippen LogP contribution in [0.25, 0.3) is 11.6 Å². The molecule has 0 aliphatic rings. The van der Waals surface area contributed by atoms with E-state index in [1.165, 1.54) is 0 Å². The summed E-state index contributed by atoms with van der Waals surface area (Å²) < 4.78 is 10.6. The van der Waals surface area contributed by atoms with Gasteiger partial charge in [0.1, 0.15) is 10.2 Å². The van der Waals surface area contributed by atoms with Gasteiger partial charge in [0.2, 0.25) is 11.6 Å². The standard InChI is InChI=1S/C10H12BrN5O3/c1-10(2,3)18-8(17)5-16-13-9(12-15-16)6-4-7(11)14-19-6/h4H,5H2,1-3H3. The van der Waals surface area contributed by atoms with E-state index in [1.54, 1.807) is 26.8 Å². The first-order chi connectivity index (χ1) is 8.83. The van der Waals surface area contributed by atoms with E-state index in [1.807, 2.05) is 0 Å². The quantitative estimate of drug-likeness (QED) is 0.786. The molecule has 2 heterocycles. The molecule has 0 aliphatic carbocycles. The molecule has 0 spiro atoms. The van der Waals surface area contributed by atoms with Crippen LogP contribution in [-0.2, 0) is 16.1 Å². The molecule has 0 amide bonds. The Balaban J connectivity index is 2.04. The van der Waals surface area contributed by atoms with E-state index in [4.69, 9.17) is 9.26 Å². The Bertz CT molecular complexity index is 586. The lowest BCUT2D eigenvalue weighted by Gasteiger charge is -2.18. The van der Waals surface area contributed by atoms with Crippen molar-refractivity contribution in [1.29, 1.82) is 0 Å². The van der Waals surface area contributed by atoms with Crippen molar-refractivity contribution in [2.75, 3.05) is 0 Å². The average Bonchev–Trinajstić information content (AvgIpc) is 2.83. The van der Waals surface area contributed by atoms with Gasteiger partial charge < -0.3 is 9.26 Å². The molecular formula is C10H12BrN5O3. The average molecular weight is 330 g/mol. The molecule has 0 aromatic carbocycles. The van der Waals surface area contributed by atoms with Gasteiger partial charge in [-0.3, -0.25) is 0 Å². The van der Waals surface area contributed by atoms with E-state index in [9.17, 15) is 4.79 Å². The van der Waals surface area contributed by atoms with Crippen molar-refractivity contribution < 1.29 is 14.1 Å². The molecule has 0 aliphatic heterocycles. The van der Waals surface area contributed by atoms with E-state index < -0.39 is 11.6 Å². The molecule has 2 aromatic heterocycles. The van der Waals surface area contributed by atoms with E-state index >= 15 is 0 Å². The number of carbonyl (C=O) groups is 1. The number of esters is 1. The van der Waals surface area contributed by atoms with Crippen LogP contribution in [0.15, 0.2) is 15.2 Å². The molecule has 0 radical (unpaired) electrons. The number of tetrazole rings is 1. The van der Waals surface area contributed by atoms with Gasteiger partial charge >= 0.3 is 5.97 Å². The first kappa shape index (κ1) is 13.7. The van der Waals surface area contributed by atoms with E-state index in [-0.39, 0.29) is 12.4 Å². The summed E-state index contributed by atoms with van der Waals surface area (Å²) in [6.07, 6.45) is 0. The normalized spacial score (nSPS) is 11.6. The van der Waals surface area contributed by atoms with E-state index in [0.717, 1.165) is 4.80 Å². The zero-order valence-corrected chi connectivity index (χ0v) is 12.2. The molecule has 19 heavy (non-hydrogen) atoms. The number of hydrogen-bond acceptors (Lipinski definition) is 7. The summed E-state index contributed by atoms with van der Waals surface area (Å²) in [5.41, 5.74) is -0.545. The molecule has 2 aromatic rings. The van der Waals surface area contributed by atoms with Crippen LogP contribution < -0.4 is 0 Å².